The fourth-order valence-corrected chi connectivity index (χ4v) is 3.74. The number of rotatable bonds is 2. The second kappa shape index (κ2) is 5.41. The van der Waals surface area contributed by atoms with Crippen LogP contribution in [0.25, 0.3) is 11.3 Å². The molecule has 3 heterocycles. The normalized spacial score (nSPS) is 23.8. The predicted octanol–water partition coefficient (Wildman–Crippen LogP) is 2.02. The van der Waals surface area contributed by atoms with Gasteiger partial charge in [-0.15, -0.1) is 0 Å². The van der Waals surface area contributed by atoms with Crippen LogP contribution in [0.15, 0.2) is 30.5 Å². The van der Waals surface area contributed by atoms with E-state index >= 15 is 0 Å². The van der Waals surface area contributed by atoms with Crippen LogP contribution in [0.2, 0.25) is 5.02 Å². The maximum atomic E-state index is 12.8. The number of benzene rings is 1. The second-order valence-electron chi connectivity index (χ2n) is 6.03. The van der Waals surface area contributed by atoms with E-state index in [4.69, 9.17) is 11.6 Å². The van der Waals surface area contributed by atoms with Crippen molar-refractivity contribution in [3.63, 3.8) is 0 Å². The summed E-state index contributed by atoms with van der Waals surface area (Å²) in [5, 5.41) is 11.0. The minimum Gasteiger partial charge on any atom is -0.338 e. The van der Waals surface area contributed by atoms with Crippen molar-refractivity contribution in [2.45, 2.75) is 0 Å². The zero-order valence-corrected chi connectivity index (χ0v) is 12.8. The van der Waals surface area contributed by atoms with Crippen LogP contribution in [0, 0.1) is 11.8 Å². The number of nitrogens with zero attached hydrogens (tertiary/aromatic N) is 2. The summed E-state index contributed by atoms with van der Waals surface area (Å²) in [6, 6.07) is 7.49. The lowest BCUT2D eigenvalue weighted by Crippen LogP contribution is -2.31. The largest absolute Gasteiger partial charge is 0.338 e. The van der Waals surface area contributed by atoms with E-state index in [1.54, 1.807) is 6.20 Å². The van der Waals surface area contributed by atoms with Crippen molar-refractivity contribution >= 4 is 17.5 Å². The van der Waals surface area contributed by atoms with Crippen LogP contribution in [0.5, 0.6) is 0 Å². The molecule has 22 heavy (non-hydrogen) atoms. The first-order valence-electron chi connectivity index (χ1n) is 7.52. The van der Waals surface area contributed by atoms with Crippen molar-refractivity contribution in [1.29, 1.82) is 0 Å². The number of likely N-dealkylation sites (tertiary alicyclic amines) is 1. The molecule has 0 saturated carbocycles. The molecule has 2 fully saturated rings. The summed E-state index contributed by atoms with van der Waals surface area (Å²) in [5.74, 6) is 1.21. The molecule has 114 valence electrons. The average Bonchev–Trinajstić information content (AvgIpc) is 3.22. The standard InChI is InChI=1S/C16H17ClN4O/c17-14-4-2-1-3-12(14)15-13(7-19-20-15)16(22)21-8-10-5-18-6-11(10)9-21/h1-4,7,10-11,18H,5-6,8-9H2,(H,19,20)/t10-,11+. The third-order valence-corrected chi connectivity index (χ3v) is 5.02. The number of amides is 1. The van der Waals surface area contributed by atoms with Crippen molar-refractivity contribution in [1.82, 2.24) is 20.4 Å². The highest BCUT2D eigenvalue weighted by molar-refractivity contribution is 6.33. The third kappa shape index (κ3) is 2.21. The van der Waals surface area contributed by atoms with Crippen LogP contribution in [0.1, 0.15) is 10.4 Å². The Labute approximate surface area is 133 Å². The van der Waals surface area contributed by atoms with Gasteiger partial charge >= 0.3 is 0 Å². The number of nitrogens with one attached hydrogen (secondary N) is 2. The lowest BCUT2D eigenvalue weighted by molar-refractivity contribution is 0.0782. The molecule has 2 saturated heterocycles. The summed E-state index contributed by atoms with van der Waals surface area (Å²) in [4.78, 5) is 14.8. The van der Waals surface area contributed by atoms with Gasteiger partial charge in [0.1, 0.15) is 0 Å². The predicted molar refractivity (Wildman–Crippen MR) is 84.8 cm³/mol. The molecule has 2 aromatic rings. The van der Waals surface area contributed by atoms with E-state index in [1.165, 1.54) is 0 Å². The van der Waals surface area contributed by atoms with Gasteiger partial charge in [0.15, 0.2) is 0 Å². The van der Waals surface area contributed by atoms with Crippen molar-refractivity contribution in [3.05, 3.63) is 41.0 Å². The van der Waals surface area contributed by atoms with Gasteiger partial charge in [-0.05, 0) is 17.9 Å². The minimum absolute atomic E-state index is 0.0399. The summed E-state index contributed by atoms with van der Waals surface area (Å²) in [6.07, 6.45) is 1.60. The Kier molecular flexibility index (Phi) is 3.39. The van der Waals surface area contributed by atoms with Crippen LogP contribution in [0.4, 0.5) is 0 Å². The molecule has 0 aliphatic carbocycles. The fourth-order valence-electron chi connectivity index (χ4n) is 3.51. The highest BCUT2D eigenvalue weighted by Crippen LogP contribution is 2.32. The average molecular weight is 317 g/mol. The minimum atomic E-state index is 0.0399. The van der Waals surface area contributed by atoms with Crippen molar-refractivity contribution in [2.24, 2.45) is 11.8 Å². The van der Waals surface area contributed by atoms with E-state index in [9.17, 15) is 4.79 Å². The molecule has 5 nitrogen and oxygen atoms in total. The van der Waals surface area contributed by atoms with Crippen LogP contribution in [0.3, 0.4) is 0 Å². The first-order chi connectivity index (χ1) is 10.7. The van der Waals surface area contributed by atoms with E-state index in [0.717, 1.165) is 31.7 Å². The zero-order chi connectivity index (χ0) is 15.1. The highest BCUT2D eigenvalue weighted by atomic mass is 35.5. The number of hydrogen-bond donors (Lipinski definition) is 2. The molecule has 2 aliphatic rings. The maximum Gasteiger partial charge on any atom is 0.257 e. The molecule has 0 radical (unpaired) electrons. The lowest BCUT2D eigenvalue weighted by atomic mass is 10.0. The summed E-state index contributed by atoms with van der Waals surface area (Å²) >= 11 is 6.25. The zero-order valence-electron chi connectivity index (χ0n) is 12.1. The molecular formula is C16H17ClN4O. The van der Waals surface area contributed by atoms with Crippen molar-refractivity contribution in [3.8, 4) is 11.3 Å². The molecule has 1 aromatic carbocycles. The van der Waals surface area contributed by atoms with Crippen LogP contribution >= 0.6 is 11.6 Å². The smallest absolute Gasteiger partial charge is 0.257 e. The van der Waals surface area contributed by atoms with Crippen molar-refractivity contribution in [2.75, 3.05) is 26.2 Å². The van der Waals surface area contributed by atoms with Gasteiger partial charge < -0.3 is 10.2 Å². The highest BCUT2D eigenvalue weighted by Gasteiger charge is 2.39. The van der Waals surface area contributed by atoms with E-state index in [2.05, 4.69) is 15.5 Å². The molecule has 0 unspecified atom stereocenters. The number of carbonyl (C=O) groups excluding carboxylic acids is 1. The van der Waals surface area contributed by atoms with Gasteiger partial charge in [-0.2, -0.15) is 5.10 Å². The van der Waals surface area contributed by atoms with Gasteiger partial charge in [0, 0.05) is 36.8 Å². The molecular weight excluding hydrogens is 300 g/mol. The third-order valence-electron chi connectivity index (χ3n) is 4.69. The van der Waals surface area contributed by atoms with Crippen LogP contribution in [-0.2, 0) is 0 Å². The van der Waals surface area contributed by atoms with Crippen LogP contribution in [-0.4, -0.2) is 47.2 Å². The first-order valence-corrected chi connectivity index (χ1v) is 7.90. The Bertz CT molecular complexity index is 702. The van der Waals surface area contributed by atoms with E-state index in [0.29, 0.717) is 28.1 Å². The molecule has 6 heteroatoms. The molecule has 2 atom stereocenters. The van der Waals surface area contributed by atoms with Gasteiger partial charge in [0.2, 0.25) is 0 Å². The first kappa shape index (κ1) is 13.8. The van der Waals surface area contributed by atoms with Gasteiger partial charge in [-0.25, -0.2) is 0 Å². The molecule has 4 rings (SSSR count). The topological polar surface area (TPSA) is 61.0 Å². The maximum absolute atomic E-state index is 12.8. The number of halogens is 1. The quantitative estimate of drug-likeness (QED) is 0.891. The van der Waals surface area contributed by atoms with Gasteiger partial charge in [-0.1, -0.05) is 29.8 Å². The molecule has 2 N–H and O–H groups in total. The number of carbonyl (C=O) groups is 1. The van der Waals surface area contributed by atoms with Gasteiger partial charge in [-0.3, -0.25) is 9.89 Å². The molecule has 2 aliphatic heterocycles. The number of hydrogen-bond acceptors (Lipinski definition) is 3. The Morgan fingerprint density at radius 1 is 1.23 bits per heavy atom. The molecule has 0 spiro atoms. The summed E-state index contributed by atoms with van der Waals surface area (Å²) in [5.41, 5.74) is 2.11. The number of aromatic amines is 1. The number of aromatic nitrogens is 2. The number of H-pyrrole nitrogens is 1. The molecule has 1 amide bonds. The Hall–Kier alpha value is -1.85. The van der Waals surface area contributed by atoms with Crippen LogP contribution < -0.4 is 5.32 Å². The molecule has 1 aromatic heterocycles. The fraction of sp³-hybridized carbons (Fsp3) is 0.375. The van der Waals surface area contributed by atoms with E-state index in [-0.39, 0.29) is 5.91 Å². The Balaban J connectivity index is 1.63. The van der Waals surface area contributed by atoms with E-state index in [1.807, 2.05) is 29.2 Å². The van der Waals surface area contributed by atoms with Crippen molar-refractivity contribution < 1.29 is 4.79 Å². The van der Waals surface area contributed by atoms with Gasteiger partial charge in [0.25, 0.3) is 5.91 Å². The molecule has 0 bridgehead atoms. The lowest BCUT2D eigenvalue weighted by Gasteiger charge is -2.17. The monoisotopic (exact) mass is 316 g/mol. The van der Waals surface area contributed by atoms with Gasteiger partial charge in [0.05, 0.1) is 17.5 Å². The van der Waals surface area contributed by atoms with E-state index < -0.39 is 0 Å². The second-order valence-corrected chi connectivity index (χ2v) is 6.43. The number of fused-ring (bicyclic) bond motifs is 1. The summed E-state index contributed by atoms with van der Waals surface area (Å²) < 4.78 is 0. The summed E-state index contributed by atoms with van der Waals surface area (Å²) in [7, 11) is 0. The summed E-state index contributed by atoms with van der Waals surface area (Å²) in [6.45, 7) is 3.67. The Morgan fingerprint density at radius 3 is 2.68 bits per heavy atom. The Morgan fingerprint density at radius 2 is 1.95 bits per heavy atom. The SMILES string of the molecule is O=C(c1cn[nH]c1-c1ccccc1Cl)N1C[C@H]2CNC[C@H]2C1.